The molecule has 1 atom stereocenters. The van der Waals surface area contributed by atoms with E-state index in [1.807, 2.05) is 39.1 Å². The minimum Gasteiger partial charge on any atom is -0.473 e. The average molecular weight is 230 g/mol. The van der Waals surface area contributed by atoms with Crippen molar-refractivity contribution in [1.29, 1.82) is 0 Å². The van der Waals surface area contributed by atoms with E-state index in [0.717, 1.165) is 28.9 Å². The summed E-state index contributed by atoms with van der Waals surface area (Å²) in [6.45, 7) is 4.88. The van der Waals surface area contributed by atoms with E-state index in [-0.39, 0.29) is 6.10 Å². The maximum atomic E-state index is 5.82. The number of hydrogen-bond donors (Lipinski definition) is 1. The molecule has 0 amide bonds. The van der Waals surface area contributed by atoms with Crippen molar-refractivity contribution in [3.05, 3.63) is 35.9 Å². The monoisotopic (exact) mass is 230 g/mol. The molecule has 0 aliphatic heterocycles. The van der Waals surface area contributed by atoms with Gasteiger partial charge in [-0.2, -0.15) is 0 Å². The van der Waals surface area contributed by atoms with Crippen LogP contribution in [0.4, 0.5) is 0 Å². The van der Waals surface area contributed by atoms with E-state index in [1.54, 1.807) is 0 Å². The number of hydrogen-bond acceptors (Lipinski definition) is 3. The summed E-state index contributed by atoms with van der Waals surface area (Å²) in [5.74, 6) is 0.728. The lowest BCUT2D eigenvalue weighted by atomic mass is 10.2. The number of ether oxygens (including phenoxy) is 1. The molecule has 3 heteroatoms. The highest BCUT2D eigenvalue weighted by atomic mass is 16.5. The highest BCUT2D eigenvalue weighted by Crippen LogP contribution is 2.21. The van der Waals surface area contributed by atoms with Crippen molar-refractivity contribution >= 4 is 10.9 Å². The van der Waals surface area contributed by atoms with E-state index in [0.29, 0.717) is 0 Å². The Labute approximate surface area is 102 Å². The Balaban J connectivity index is 2.31. The molecule has 0 saturated carbocycles. The van der Waals surface area contributed by atoms with Gasteiger partial charge in [0.1, 0.15) is 6.10 Å². The van der Waals surface area contributed by atoms with Crippen molar-refractivity contribution < 1.29 is 4.74 Å². The standard InChI is InChI=1S/C14H18N2O/c1-10-8-12-6-4-5-7-13(12)16-14(10)17-11(2)9-15-3/h4-8,11,15H,9H2,1-3H3. The largest absolute Gasteiger partial charge is 0.473 e. The molecular formula is C14H18N2O. The molecule has 1 unspecified atom stereocenters. The van der Waals surface area contributed by atoms with Gasteiger partial charge in [0, 0.05) is 17.5 Å². The first-order valence-electron chi connectivity index (χ1n) is 5.88. The molecule has 1 heterocycles. The number of fused-ring (bicyclic) bond motifs is 1. The fourth-order valence-corrected chi connectivity index (χ4v) is 1.84. The zero-order valence-electron chi connectivity index (χ0n) is 10.5. The summed E-state index contributed by atoms with van der Waals surface area (Å²) >= 11 is 0. The molecule has 0 bridgehead atoms. The predicted octanol–water partition coefficient (Wildman–Crippen LogP) is 2.53. The summed E-state index contributed by atoms with van der Waals surface area (Å²) in [4.78, 5) is 4.55. The van der Waals surface area contributed by atoms with Gasteiger partial charge in [0.15, 0.2) is 0 Å². The van der Waals surface area contributed by atoms with E-state index in [9.17, 15) is 0 Å². The van der Waals surface area contributed by atoms with Gasteiger partial charge in [-0.25, -0.2) is 4.98 Å². The number of likely N-dealkylation sites (N-methyl/N-ethyl adjacent to an activating group) is 1. The lowest BCUT2D eigenvalue weighted by molar-refractivity contribution is 0.211. The minimum atomic E-state index is 0.118. The second kappa shape index (κ2) is 5.15. The Bertz CT molecular complexity index is 511. The number of pyridine rings is 1. The molecule has 0 fully saturated rings. The van der Waals surface area contributed by atoms with E-state index in [1.165, 1.54) is 0 Å². The molecule has 1 N–H and O–H groups in total. The zero-order valence-corrected chi connectivity index (χ0v) is 10.5. The van der Waals surface area contributed by atoms with E-state index >= 15 is 0 Å². The number of aryl methyl sites for hydroxylation is 1. The molecule has 0 radical (unpaired) electrons. The van der Waals surface area contributed by atoms with Crippen LogP contribution in [-0.2, 0) is 0 Å². The van der Waals surface area contributed by atoms with Crippen LogP contribution in [0.25, 0.3) is 10.9 Å². The van der Waals surface area contributed by atoms with Crippen molar-refractivity contribution in [1.82, 2.24) is 10.3 Å². The summed E-state index contributed by atoms with van der Waals surface area (Å²) in [6.07, 6.45) is 0.118. The second-order valence-corrected chi connectivity index (χ2v) is 4.29. The van der Waals surface area contributed by atoms with Gasteiger partial charge < -0.3 is 10.1 Å². The molecule has 0 spiro atoms. The average Bonchev–Trinajstić information content (AvgIpc) is 2.30. The van der Waals surface area contributed by atoms with Crippen LogP contribution < -0.4 is 10.1 Å². The van der Waals surface area contributed by atoms with Gasteiger partial charge in [-0.1, -0.05) is 18.2 Å². The van der Waals surface area contributed by atoms with Gasteiger partial charge in [0.2, 0.25) is 5.88 Å². The summed E-state index contributed by atoms with van der Waals surface area (Å²) in [6, 6.07) is 10.2. The van der Waals surface area contributed by atoms with Crippen molar-refractivity contribution in [2.24, 2.45) is 0 Å². The first-order chi connectivity index (χ1) is 8.20. The molecule has 0 aliphatic carbocycles. The SMILES string of the molecule is CNCC(C)Oc1nc2ccccc2cc1C. The Morgan fingerprint density at radius 2 is 2.12 bits per heavy atom. The first-order valence-corrected chi connectivity index (χ1v) is 5.88. The number of rotatable bonds is 4. The molecule has 2 rings (SSSR count). The van der Waals surface area contributed by atoms with Gasteiger partial charge in [-0.15, -0.1) is 0 Å². The van der Waals surface area contributed by atoms with Crippen LogP contribution in [0, 0.1) is 6.92 Å². The molecule has 90 valence electrons. The number of nitrogens with zero attached hydrogens (tertiary/aromatic N) is 1. The van der Waals surface area contributed by atoms with Crippen LogP contribution in [0.5, 0.6) is 5.88 Å². The van der Waals surface area contributed by atoms with E-state index in [2.05, 4.69) is 22.4 Å². The first kappa shape index (κ1) is 11.9. The summed E-state index contributed by atoms with van der Waals surface area (Å²) < 4.78 is 5.82. The number of aromatic nitrogens is 1. The van der Waals surface area contributed by atoms with Gasteiger partial charge in [0.25, 0.3) is 0 Å². The lowest BCUT2D eigenvalue weighted by Crippen LogP contribution is -2.26. The zero-order chi connectivity index (χ0) is 12.3. The Kier molecular flexibility index (Phi) is 3.59. The third kappa shape index (κ3) is 2.74. The smallest absolute Gasteiger partial charge is 0.217 e. The van der Waals surface area contributed by atoms with Gasteiger partial charge >= 0.3 is 0 Å². The molecular weight excluding hydrogens is 212 g/mol. The van der Waals surface area contributed by atoms with Crippen molar-refractivity contribution in [2.45, 2.75) is 20.0 Å². The minimum absolute atomic E-state index is 0.118. The molecule has 3 nitrogen and oxygen atoms in total. The number of nitrogens with one attached hydrogen (secondary N) is 1. The highest BCUT2D eigenvalue weighted by molar-refractivity contribution is 5.79. The maximum absolute atomic E-state index is 5.82. The van der Waals surface area contributed by atoms with E-state index in [4.69, 9.17) is 4.74 Å². The van der Waals surface area contributed by atoms with Crippen LogP contribution in [0.1, 0.15) is 12.5 Å². The van der Waals surface area contributed by atoms with Gasteiger partial charge in [-0.05, 0) is 33.0 Å². The Morgan fingerprint density at radius 1 is 1.35 bits per heavy atom. The molecule has 0 saturated heterocycles. The maximum Gasteiger partial charge on any atom is 0.217 e. The van der Waals surface area contributed by atoms with Gasteiger partial charge in [0.05, 0.1) is 5.52 Å². The van der Waals surface area contributed by atoms with Crippen LogP contribution in [0.3, 0.4) is 0 Å². The lowest BCUT2D eigenvalue weighted by Gasteiger charge is -2.15. The van der Waals surface area contributed by atoms with E-state index < -0.39 is 0 Å². The fourth-order valence-electron chi connectivity index (χ4n) is 1.84. The molecule has 0 aliphatic rings. The molecule has 2 aromatic rings. The van der Waals surface area contributed by atoms with Crippen molar-refractivity contribution in [3.63, 3.8) is 0 Å². The number of para-hydroxylation sites is 1. The molecule has 17 heavy (non-hydrogen) atoms. The Morgan fingerprint density at radius 3 is 2.88 bits per heavy atom. The summed E-state index contributed by atoms with van der Waals surface area (Å²) in [7, 11) is 1.92. The summed E-state index contributed by atoms with van der Waals surface area (Å²) in [5, 5.41) is 4.24. The van der Waals surface area contributed by atoms with Crippen molar-refractivity contribution in [3.8, 4) is 5.88 Å². The topological polar surface area (TPSA) is 34.1 Å². The second-order valence-electron chi connectivity index (χ2n) is 4.29. The number of benzene rings is 1. The van der Waals surface area contributed by atoms with Crippen LogP contribution >= 0.6 is 0 Å². The molecule has 1 aromatic carbocycles. The summed E-state index contributed by atoms with van der Waals surface area (Å²) in [5.41, 5.74) is 2.05. The fraction of sp³-hybridized carbons (Fsp3) is 0.357. The third-order valence-corrected chi connectivity index (χ3v) is 2.67. The van der Waals surface area contributed by atoms with Crippen LogP contribution in [-0.4, -0.2) is 24.7 Å². The van der Waals surface area contributed by atoms with Crippen LogP contribution in [0.15, 0.2) is 30.3 Å². The highest BCUT2D eigenvalue weighted by Gasteiger charge is 2.08. The molecule has 1 aromatic heterocycles. The Hall–Kier alpha value is -1.61. The third-order valence-electron chi connectivity index (χ3n) is 2.67. The quantitative estimate of drug-likeness (QED) is 0.876. The van der Waals surface area contributed by atoms with Crippen molar-refractivity contribution in [2.75, 3.05) is 13.6 Å². The normalized spacial score (nSPS) is 12.6. The predicted molar refractivity (Wildman–Crippen MR) is 70.5 cm³/mol. The van der Waals surface area contributed by atoms with Crippen LogP contribution in [0.2, 0.25) is 0 Å². The van der Waals surface area contributed by atoms with Gasteiger partial charge in [-0.3, -0.25) is 0 Å².